The van der Waals surface area contributed by atoms with E-state index in [1.54, 1.807) is 28.0 Å². The molecule has 1 fully saturated rings. The van der Waals surface area contributed by atoms with Gasteiger partial charge in [0.25, 0.3) is 5.91 Å². The lowest BCUT2D eigenvalue weighted by Gasteiger charge is -2.26. The van der Waals surface area contributed by atoms with Crippen molar-refractivity contribution < 1.29 is 9.59 Å². The third-order valence-electron chi connectivity index (χ3n) is 4.75. The number of pyridine rings is 1. The van der Waals surface area contributed by atoms with Crippen LogP contribution in [0, 0.1) is 0 Å². The maximum Gasteiger partial charge on any atom is 0.254 e. The predicted octanol–water partition coefficient (Wildman–Crippen LogP) is 2.19. The van der Waals surface area contributed by atoms with Gasteiger partial charge in [-0.05, 0) is 42.8 Å². The van der Waals surface area contributed by atoms with Crippen LogP contribution in [0.25, 0.3) is 5.69 Å². The van der Waals surface area contributed by atoms with Gasteiger partial charge in [-0.2, -0.15) is 5.10 Å². The molecule has 1 saturated heterocycles. The van der Waals surface area contributed by atoms with Crippen molar-refractivity contribution in [3.05, 3.63) is 78.4 Å². The van der Waals surface area contributed by atoms with E-state index < -0.39 is 0 Å². The van der Waals surface area contributed by atoms with E-state index >= 15 is 0 Å². The van der Waals surface area contributed by atoms with Gasteiger partial charge >= 0.3 is 0 Å². The van der Waals surface area contributed by atoms with E-state index in [-0.39, 0.29) is 17.9 Å². The first kappa shape index (κ1) is 17.9. The summed E-state index contributed by atoms with van der Waals surface area (Å²) in [6.45, 7) is 0.838. The van der Waals surface area contributed by atoms with Crippen molar-refractivity contribution in [3.8, 4) is 5.69 Å². The number of hydrogen-bond acceptors (Lipinski definition) is 4. The lowest BCUT2D eigenvalue weighted by atomic mass is 10.1. The summed E-state index contributed by atoms with van der Waals surface area (Å²) in [5, 5.41) is 7.17. The third kappa shape index (κ3) is 4.09. The van der Waals surface area contributed by atoms with Crippen molar-refractivity contribution in [2.75, 3.05) is 6.54 Å². The smallest absolute Gasteiger partial charge is 0.254 e. The van der Waals surface area contributed by atoms with Gasteiger partial charge in [0.1, 0.15) is 0 Å². The van der Waals surface area contributed by atoms with Crippen LogP contribution in [0.3, 0.4) is 0 Å². The van der Waals surface area contributed by atoms with Crippen LogP contribution in [-0.2, 0) is 11.3 Å². The zero-order chi connectivity index (χ0) is 19.3. The van der Waals surface area contributed by atoms with Crippen molar-refractivity contribution in [1.82, 2.24) is 25.0 Å². The number of amides is 2. The zero-order valence-electron chi connectivity index (χ0n) is 15.4. The second-order valence-electron chi connectivity index (χ2n) is 6.81. The van der Waals surface area contributed by atoms with E-state index in [0.717, 1.165) is 17.8 Å². The SMILES string of the molecule is O=C1CC[C@@H](CN(Cc2ccccn2)C(=O)c2cccc(-n3cccn3)c2)N1. The Kier molecular flexibility index (Phi) is 5.14. The first-order chi connectivity index (χ1) is 13.7. The van der Waals surface area contributed by atoms with Gasteiger partial charge in [0.2, 0.25) is 5.91 Å². The molecule has 1 N–H and O–H groups in total. The number of rotatable bonds is 6. The average Bonchev–Trinajstić information content (AvgIpc) is 3.40. The Labute approximate surface area is 163 Å². The molecule has 28 heavy (non-hydrogen) atoms. The normalized spacial score (nSPS) is 16.0. The largest absolute Gasteiger partial charge is 0.352 e. The molecular weight excluding hydrogens is 354 g/mol. The van der Waals surface area contributed by atoms with Crippen LogP contribution in [0.5, 0.6) is 0 Å². The summed E-state index contributed by atoms with van der Waals surface area (Å²) in [6.07, 6.45) is 6.49. The van der Waals surface area contributed by atoms with Crippen molar-refractivity contribution >= 4 is 11.8 Å². The number of benzene rings is 1. The van der Waals surface area contributed by atoms with Crippen LogP contribution in [0.4, 0.5) is 0 Å². The molecular formula is C21H21N5O2. The van der Waals surface area contributed by atoms with Gasteiger partial charge in [0.15, 0.2) is 0 Å². The molecule has 0 aliphatic carbocycles. The number of carbonyl (C=O) groups excluding carboxylic acids is 2. The fourth-order valence-corrected chi connectivity index (χ4v) is 3.37. The molecule has 2 aromatic heterocycles. The molecule has 1 atom stereocenters. The zero-order valence-corrected chi connectivity index (χ0v) is 15.4. The van der Waals surface area contributed by atoms with Gasteiger partial charge in [-0.15, -0.1) is 0 Å². The highest BCUT2D eigenvalue weighted by molar-refractivity contribution is 5.94. The van der Waals surface area contributed by atoms with Gasteiger partial charge in [-0.1, -0.05) is 12.1 Å². The second kappa shape index (κ2) is 8.04. The van der Waals surface area contributed by atoms with Crippen molar-refractivity contribution in [2.45, 2.75) is 25.4 Å². The predicted molar refractivity (Wildman–Crippen MR) is 104 cm³/mol. The first-order valence-corrected chi connectivity index (χ1v) is 9.28. The van der Waals surface area contributed by atoms with Crippen LogP contribution in [0.1, 0.15) is 28.9 Å². The lowest BCUT2D eigenvalue weighted by molar-refractivity contribution is -0.119. The highest BCUT2D eigenvalue weighted by atomic mass is 16.2. The quantitative estimate of drug-likeness (QED) is 0.716. The topological polar surface area (TPSA) is 80.1 Å². The maximum absolute atomic E-state index is 13.3. The molecule has 1 aromatic carbocycles. The Morgan fingerprint density at radius 3 is 2.82 bits per heavy atom. The van der Waals surface area contributed by atoms with Crippen molar-refractivity contribution in [3.63, 3.8) is 0 Å². The number of nitrogens with zero attached hydrogens (tertiary/aromatic N) is 4. The number of nitrogens with one attached hydrogen (secondary N) is 1. The van der Waals surface area contributed by atoms with Crippen LogP contribution >= 0.6 is 0 Å². The Bertz CT molecular complexity index is 956. The van der Waals surface area contributed by atoms with Crippen molar-refractivity contribution in [2.24, 2.45) is 0 Å². The minimum absolute atomic E-state index is 0.0329. The minimum atomic E-state index is -0.0965. The Hall–Kier alpha value is -3.48. The Balaban J connectivity index is 1.58. The Morgan fingerprint density at radius 2 is 2.11 bits per heavy atom. The summed E-state index contributed by atoms with van der Waals surface area (Å²) in [6, 6.07) is 14.8. The molecule has 2 amide bonds. The molecule has 3 heterocycles. The summed E-state index contributed by atoms with van der Waals surface area (Å²) in [5.41, 5.74) is 2.21. The molecule has 7 nitrogen and oxygen atoms in total. The standard InChI is InChI=1S/C21H21N5O2/c27-20-9-8-18(24-20)15-25(14-17-6-1-2-10-22-17)21(28)16-5-3-7-19(13-16)26-12-4-11-23-26/h1-7,10-13,18H,8-9,14-15H2,(H,24,27)/t18-/m0/s1. The van der Waals surface area contributed by atoms with E-state index in [9.17, 15) is 9.59 Å². The highest BCUT2D eigenvalue weighted by Crippen LogP contribution is 2.16. The summed E-state index contributed by atoms with van der Waals surface area (Å²) < 4.78 is 1.72. The second-order valence-corrected chi connectivity index (χ2v) is 6.81. The van der Waals surface area contributed by atoms with E-state index in [4.69, 9.17) is 0 Å². The fourth-order valence-electron chi connectivity index (χ4n) is 3.37. The third-order valence-corrected chi connectivity index (χ3v) is 4.75. The molecule has 4 rings (SSSR count). The molecule has 7 heteroatoms. The maximum atomic E-state index is 13.3. The minimum Gasteiger partial charge on any atom is -0.352 e. The fraction of sp³-hybridized carbons (Fsp3) is 0.238. The van der Waals surface area contributed by atoms with E-state index in [0.29, 0.717) is 25.1 Å². The van der Waals surface area contributed by atoms with Gasteiger partial charge in [-0.25, -0.2) is 4.68 Å². The molecule has 0 unspecified atom stereocenters. The molecule has 1 aliphatic rings. The van der Waals surface area contributed by atoms with E-state index in [2.05, 4.69) is 15.4 Å². The van der Waals surface area contributed by atoms with Crippen LogP contribution in [0.2, 0.25) is 0 Å². The molecule has 142 valence electrons. The summed E-state index contributed by atoms with van der Waals surface area (Å²) in [7, 11) is 0. The summed E-state index contributed by atoms with van der Waals surface area (Å²) in [5.74, 6) is -0.0586. The Morgan fingerprint density at radius 1 is 1.18 bits per heavy atom. The first-order valence-electron chi connectivity index (χ1n) is 9.28. The summed E-state index contributed by atoms with van der Waals surface area (Å²) in [4.78, 5) is 31.0. The molecule has 0 spiro atoms. The molecule has 1 aliphatic heterocycles. The van der Waals surface area contributed by atoms with Crippen LogP contribution in [-0.4, -0.2) is 44.1 Å². The number of carbonyl (C=O) groups is 2. The monoisotopic (exact) mass is 375 g/mol. The van der Waals surface area contributed by atoms with Gasteiger partial charge in [0, 0.05) is 43.2 Å². The average molecular weight is 375 g/mol. The number of aromatic nitrogens is 3. The molecule has 0 bridgehead atoms. The lowest BCUT2D eigenvalue weighted by Crippen LogP contribution is -2.41. The van der Waals surface area contributed by atoms with E-state index in [1.165, 1.54) is 0 Å². The molecule has 3 aromatic rings. The van der Waals surface area contributed by atoms with Gasteiger partial charge in [-0.3, -0.25) is 14.6 Å². The summed E-state index contributed by atoms with van der Waals surface area (Å²) >= 11 is 0. The van der Waals surface area contributed by atoms with Gasteiger partial charge in [0.05, 0.1) is 17.9 Å². The highest BCUT2D eigenvalue weighted by Gasteiger charge is 2.26. The molecule has 0 radical (unpaired) electrons. The number of hydrogen-bond donors (Lipinski definition) is 1. The molecule has 0 saturated carbocycles. The van der Waals surface area contributed by atoms with E-state index in [1.807, 2.05) is 48.7 Å². The van der Waals surface area contributed by atoms with Crippen molar-refractivity contribution in [1.29, 1.82) is 0 Å². The van der Waals surface area contributed by atoms with Gasteiger partial charge < -0.3 is 10.2 Å². The van der Waals surface area contributed by atoms with Crippen LogP contribution in [0.15, 0.2) is 67.1 Å². The van der Waals surface area contributed by atoms with Crippen LogP contribution < -0.4 is 5.32 Å².